The van der Waals surface area contributed by atoms with Gasteiger partial charge in [-0.3, -0.25) is 0 Å². The molecule has 5 heteroatoms. The predicted octanol–water partition coefficient (Wildman–Crippen LogP) is -0.562. The van der Waals surface area contributed by atoms with E-state index in [1.807, 2.05) is 0 Å². The quantitative estimate of drug-likeness (QED) is 0.400. The fraction of sp³-hybridized carbons (Fsp3) is 1.00. The molecule has 0 saturated heterocycles. The van der Waals surface area contributed by atoms with Crippen molar-refractivity contribution in [1.29, 1.82) is 0 Å². The molecule has 0 heterocycles. The van der Waals surface area contributed by atoms with Crippen molar-refractivity contribution < 1.29 is 8.85 Å². The second-order valence-corrected chi connectivity index (χ2v) is 4.96. The van der Waals surface area contributed by atoms with Gasteiger partial charge in [0, 0.05) is 20.3 Å². The average molecular weight is 192 g/mol. The van der Waals surface area contributed by atoms with Crippen LogP contribution in [0.4, 0.5) is 0 Å². The fourth-order valence-electron chi connectivity index (χ4n) is 0.904. The molecule has 0 bridgehead atoms. The lowest BCUT2D eigenvalue weighted by Crippen LogP contribution is -2.27. The van der Waals surface area contributed by atoms with Gasteiger partial charge in [-0.25, -0.2) is 0 Å². The molecule has 0 aliphatic carbocycles. The van der Waals surface area contributed by atoms with Crippen LogP contribution in [-0.2, 0) is 8.85 Å². The van der Waals surface area contributed by atoms with E-state index in [0.717, 1.165) is 32.1 Å². The van der Waals surface area contributed by atoms with Gasteiger partial charge < -0.3 is 19.9 Å². The summed E-state index contributed by atoms with van der Waals surface area (Å²) in [5, 5.41) is 3.28. The summed E-state index contributed by atoms with van der Waals surface area (Å²) in [7, 11) is 2.08. The highest BCUT2D eigenvalue weighted by Crippen LogP contribution is 1.91. The van der Waals surface area contributed by atoms with Crippen molar-refractivity contribution in [2.45, 2.75) is 12.5 Å². The third-order valence-electron chi connectivity index (χ3n) is 1.64. The van der Waals surface area contributed by atoms with Gasteiger partial charge in [-0.1, -0.05) is 0 Å². The molecule has 0 unspecified atom stereocenters. The molecule has 4 nitrogen and oxygen atoms in total. The van der Waals surface area contributed by atoms with Crippen LogP contribution in [0.2, 0.25) is 6.04 Å². The number of nitrogens with two attached hydrogens (primary N) is 1. The van der Waals surface area contributed by atoms with Crippen molar-refractivity contribution in [3.63, 3.8) is 0 Å². The van der Waals surface area contributed by atoms with E-state index < -0.39 is 9.28 Å². The van der Waals surface area contributed by atoms with E-state index in [-0.39, 0.29) is 0 Å². The van der Waals surface area contributed by atoms with Gasteiger partial charge in [-0.15, -0.1) is 0 Å². The van der Waals surface area contributed by atoms with E-state index in [1.165, 1.54) is 0 Å². The zero-order valence-electron chi connectivity index (χ0n) is 8.01. The molecule has 3 N–H and O–H groups in total. The maximum absolute atomic E-state index is 5.34. The Hall–Kier alpha value is 0.0569. The van der Waals surface area contributed by atoms with Crippen LogP contribution in [0, 0.1) is 0 Å². The molecule has 0 aromatic rings. The molecule has 0 radical (unpaired) electrons. The Balaban J connectivity index is 3.06. The SMILES string of the molecule is CO[SiH](CCNCCCN)OC. The number of rotatable bonds is 8. The van der Waals surface area contributed by atoms with Crippen LogP contribution in [-0.4, -0.2) is 43.1 Å². The van der Waals surface area contributed by atoms with Gasteiger partial charge in [0.05, 0.1) is 0 Å². The third kappa shape index (κ3) is 6.75. The second kappa shape index (κ2) is 9.15. The Bertz CT molecular complexity index is 91.5. The minimum atomic E-state index is -1.34. The normalized spacial score (nSPS) is 11.0. The first kappa shape index (κ1) is 12.1. The zero-order chi connectivity index (χ0) is 9.23. The highest BCUT2D eigenvalue weighted by atomic mass is 28.3. The number of nitrogens with one attached hydrogen (secondary N) is 1. The molecule has 12 heavy (non-hydrogen) atoms. The molecule has 0 atom stereocenters. The molecule has 0 aromatic carbocycles. The topological polar surface area (TPSA) is 56.5 Å². The molecule has 0 saturated carbocycles. The van der Waals surface area contributed by atoms with Gasteiger partial charge in [0.2, 0.25) is 0 Å². The summed E-state index contributed by atoms with van der Waals surface area (Å²) in [6.45, 7) is 2.71. The molecule has 0 rings (SSSR count). The Morgan fingerprint density at radius 2 is 1.92 bits per heavy atom. The standard InChI is InChI=1S/C7H20N2O2Si/c1-10-12(11-2)7-6-9-5-3-4-8/h9,12H,3-8H2,1-2H3. The van der Waals surface area contributed by atoms with Crippen molar-refractivity contribution in [2.24, 2.45) is 5.73 Å². The van der Waals surface area contributed by atoms with E-state index >= 15 is 0 Å². The molecule has 0 amide bonds. The summed E-state index contributed by atoms with van der Waals surface area (Å²) < 4.78 is 10.3. The summed E-state index contributed by atoms with van der Waals surface area (Å²) in [5.41, 5.74) is 5.34. The average Bonchev–Trinajstić information content (AvgIpc) is 2.11. The van der Waals surface area contributed by atoms with E-state index in [4.69, 9.17) is 14.6 Å². The van der Waals surface area contributed by atoms with Crippen LogP contribution in [0.5, 0.6) is 0 Å². The van der Waals surface area contributed by atoms with Crippen molar-refractivity contribution in [1.82, 2.24) is 5.32 Å². The van der Waals surface area contributed by atoms with Crippen LogP contribution in [0.15, 0.2) is 0 Å². The summed E-state index contributed by atoms with van der Waals surface area (Å²) >= 11 is 0. The fourth-order valence-corrected chi connectivity index (χ4v) is 2.01. The van der Waals surface area contributed by atoms with Crippen LogP contribution in [0.25, 0.3) is 0 Å². The lowest BCUT2D eigenvalue weighted by Gasteiger charge is -2.10. The van der Waals surface area contributed by atoms with Gasteiger partial charge in [0.15, 0.2) is 0 Å². The first-order valence-electron chi connectivity index (χ1n) is 4.31. The van der Waals surface area contributed by atoms with Gasteiger partial charge >= 0.3 is 9.28 Å². The molecular weight excluding hydrogens is 172 g/mol. The van der Waals surface area contributed by atoms with E-state index in [2.05, 4.69) is 5.32 Å². The Labute approximate surface area is 76.3 Å². The largest absolute Gasteiger partial charge is 0.400 e. The molecule has 0 aliphatic rings. The molecule has 0 aromatic heterocycles. The summed E-state index contributed by atoms with van der Waals surface area (Å²) in [6, 6.07) is 1.01. The minimum absolute atomic E-state index is 0.752. The maximum atomic E-state index is 5.34. The van der Waals surface area contributed by atoms with Gasteiger partial charge in [0.25, 0.3) is 0 Å². The van der Waals surface area contributed by atoms with Gasteiger partial charge in [-0.2, -0.15) is 0 Å². The molecular formula is C7H20N2O2Si. The van der Waals surface area contributed by atoms with Crippen LogP contribution >= 0.6 is 0 Å². The lowest BCUT2D eigenvalue weighted by molar-refractivity contribution is 0.277. The second-order valence-electron chi connectivity index (χ2n) is 2.58. The first-order chi connectivity index (χ1) is 5.85. The lowest BCUT2D eigenvalue weighted by atomic mass is 10.4. The van der Waals surface area contributed by atoms with Gasteiger partial charge in [-0.05, 0) is 26.1 Å². The Morgan fingerprint density at radius 3 is 2.42 bits per heavy atom. The van der Waals surface area contributed by atoms with Crippen LogP contribution in [0.1, 0.15) is 6.42 Å². The summed E-state index contributed by atoms with van der Waals surface area (Å²) in [6.07, 6.45) is 1.03. The van der Waals surface area contributed by atoms with Crippen molar-refractivity contribution in [3.8, 4) is 0 Å². The molecule has 0 aliphatic heterocycles. The summed E-state index contributed by atoms with van der Waals surface area (Å²) in [4.78, 5) is 0. The Kier molecular flexibility index (Phi) is 9.19. The minimum Gasteiger partial charge on any atom is -0.400 e. The van der Waals surface area contributed by atoms with E-state index in [0.29, 0.717) is 0 Å². The van der Waals surface area contributed by atoms with Gasteiger partial charge in [0.1, 0.15) is 0 Å². The van der Waals surface area contributed by atoms with Crippen molar-refractivity contribution in [3.05, 3.63) is 0 Å². The van der Waals surface area contributed by atoms with Crippen LogP contribution < -0.4 is 11.1 Å². The molecule has 74 valence electrons. The zero-order valence-corrected chi connectivity index (χ0v) is 9.16. The van der Waals surface area contributed by atoms with E-state index in [1.54, 1.807) is 14.2 Å². The number of hydrogen-bond donors (Lipinski definition) is 2. The van der Waals surface area contributed by atoms with Crippen molar-refractivity contribution in [2.75, 3.05) is 33.9 Å². The Morgan fingerprint density at radius 1 is 1.25 bits per heavy atom. The highest BCUT2D eigenvalue weighted by Gasteiger charge is 2.07. The monoisotopic (exact) mass is 192 g/mol. The first-order valence-corrected chi connectivity index (χ1v) is 6.07. The highest BCUT2D eigenvalue weighted by molar-refractivity contribution is 6.44. The smallest absolute Gasteiger partial charge is 0.322 e. The van der Waals surface area contributed by atoms with Crippen LogP contribution in [0.3, 0.4) is 0 Å². The third-order valence-corrected chi connectivity index (χ3v) is 3.45. The predicted molar refractivity (Wildman–Crippen MR) is 52.5 cm³/mol. The van der Waals surface area contributed by atoms with Crippen molar-refractivity contribution >= 4 is 9.28 Å². The number of hydrogen-bond acceptors (Lipinski definition) is 4. The van der Waals surface area contributed by atoms with E-state index in [9.17, 15) is 0 Å². The maximum Gasteiger partial charge on any atom is 0.322 e. The summed E-state index contributed by atoms with van der Waals surface area (Å²) in [5.74, 6) is 0. The molecule has 0 fully saturated rings. The molecule has 0 spiro atoms.